The number of nitrogens with zero attached hydrogens (tertiary/aromatic N) is 1. The van der Waals surface area contributed by atoms with Gasteiger partial charge < -0.3 is 10.6 Å². The van der Waals surface area contributed by atoms with Gasteiger partial charge in [-0.05, 0) is 36.2 Å². The van der Waals surface area contributed by atoms with Crippen molar-refractivity contribution in [1.29, 1.82) is 0 Å². The molecule has 29 heavy (non-hydrogen) atoms. The number of hydrogen-bond donors (Lipinski definition) is 2. The van der Waals surface area contributed by atoms with Crippen molar-refractivity contribution in [1.82, 2.24) is 4.98 Å². The lowest BCUT2D eigenvalue weighted by atomic mass is 10.1. The number of benzene rings is 2. The molecule has 0 saturated carbocycles. The summed E-state index contributed by atoms with van der Waals surface area (Å²) in [7, 11) is 0. The van der Waals surface area contributed by atoms with Crippen molar-refractivity contribution in [3.63, 3.8) is 0 Å². The Balaban J connectivity index is 1.36. The summed E-state index contributed by atoms with van der Waals surface area (Å²) in [6, 6.07) is 13.9. The minimum absolute atomic E-state index is 0.103. The summed E-state index contributed by atoms with van der Waals surface area (Å²) in [5.74, 6) is -0.355. The number of aromatic nitrogens is 1. The van der Waals surface area contributed by atoms with Crippen molar-refractivity contribution in [3.05, 3.63) is 69.1 Å². The van der Waals surface area contributed by atoms with Gasteiger partial charge in [0.05, 0.1) is 10.9 Å². The summed E-state index contributed by atoms with van der Waals surface area (Å²) in [5, 5.41) is 5.80. The van der Waals surface area contributed by atoms with E-state index in [0.717, 1.165) is 26.4 Å². The second kappa shape index (κ2) is 8.69. The second-order valence-electron chi connectivity index (χ2n) is 6.74. The normalized spacial score (nSPS) is 15.5. The molecule has 0 saturated heterocycles. The van der Waals surface area contributed by atoms with Gasteiger partial charge in [-0.3, -0.25) is 9.59 Å². The lowest BCUT2D eigenvalue weighted by Gasteiger charge is -2.23. The number of thiazole rings is 1. The van der Waals surface area contributed by atoms with Crippen LogP contribution in [0.5, 0.6) is 0 Å². The molecular formula is C21H18BrN3O2S2. The van der Waals surface area contributed by atoms with Crippen LogP contribution in [0, 0.1) is 6.92 Å². The van der Waals surface area contributed by atoms with E-state index in [2.05, 4.69) is 50.6 Å². The minimum atomic E-state index is -0.449. The monoisotopic (exact) mass is 487 g/mol. The van der Waals surface area contributed by atoms with Crippen molar-refractivity contribution < 1.29 is 9.59 Å². The van der Waals surface area contributed by atoms with Gasteiger partial charge in [0.2, 0.25) is 11.8 Å². The van der Waals surface area contributed by atoms with Gasteiger partial charge in [0.15, 0.2) is 5.13 Å². The molecule has 2 N–H and O–H groups in total. The average Bonchev–Trinajstić information content (AvgIpc) is 3.12. The Labute approximate surface area is 185 Å². The van der Waals surface area contributed by atoms with Gasteiger partial charge in [-0.25, -0.2) is 4.98 Å². The first-order valence-corrected chi connectivity index (χ1v) is 11.5. The van der Waals surface area contributed by atoms with Crippen molar-refractivity contribution >= 4 is 61.7 Å². The quantitative estimate of drug-likeness (QED) is 0.515. The lowest BCUT2D eigenvalue weighted by Crippen LogP contribution is -2.32. The number of rotatable bonds is 5. The molecule has 3 aromatic rings. The van der Waals surface area contributed by atoms with Gasteiger partial charge in [-0.15, -0.1) is 23.1 Å². The molecule has 148 valence electrons. The number of para-hydroxylation sites is 1. The summed E-state index contributed by atoms with van der Waals surface area (Å²) in [5.41, 5.74) is 3.18. The van der Waals surface area contributed by atoms with Crippen LogP contribution in [0.3, 0.4) is 0 Å². The molecule has 8 heteroatoms. The van der Waals surface area contributed by atoms with Crippen LogP contribution in [-0.2, 0) is 16.0 Å². The Hall–Kier alpha value is -2.16. The van der Waals surface area contributed by atoms with Gasteiger partial charge in [0, 0.05) is 33.3 Å². The number of fused-ring (bicyclic) bond motifs is 1. The second-order valence-corrected chi connectivity index (χ2v) is 9.95. The van der Waals surface area contributed by atoms with Crippen LogP contribution in [0.25, 0.3) is 0 Å². The molecule has 1 aliphatic rings. The molecule has 2 aromatic carbocycles. The Kier molecular flexibility index (Phi) is 6.03. The molecule has 0 aliphatic carbocycles. The fourth-order valence-corrected chi connectivity index (χ4v) is 5.25. The number of amides is 2. The zero-order valence-corrected chi connectivity index (χ0v) is 18.8. The number of carbonyl (C=O) groups excluding carboxylic acids is 2. The third kappa shape index (κ3) is 4.88. The highest BCUT2D eigenvalue weighted by Crippen LogP contribution is 2.36. The molecule has 0 fully saturated rings. The van der Waals surface area contributed by atoms with Gasteiger partial charge in [0.25, 0.3) is 0 Å². The predicted octanol–water partition coefficient (Wildman–Crippen LogP) is 5.25. The predicted molar refractivity (Wildman–Crippen MR) is 122 cm³/mol. The van der Waals surface area contributed by atoms with Crippen LogP contribution in [0.1, 0.15) is 22.4 Å². The molecule has 0 radical (unpaired) electrons. The molecule has 4 rings (SSSR count). The van der Waals surface area contributed by atoms with E-state index in [4.69, 9.17) is 0 Å². The number of halogens is 1. The van der Waals surface area contributed by atoms with E-state index in [1.165, 1.54) is 34.2 Å². The summed E-state index contributed by atoms with van der Waals surface area (Å²) in [6.45, 7) is 2.06. The van der Waals surface area contributed by atoms with Crippen LogP contribution < -0.4 is 10.6 Å². The van der Waals surface area contributed by atoms with Crippen LogP contribution in [0.15, 0.2) is 58.0 Å². The molecule has 2 amide bonds. The van der Waals surface area contributed by atoms with Gasteiger partial charge in [-0.1, -0.05) is 40.2 Å². The van der Waals surface area contributed by atoms with Crippen LogP contribution in [0.4, 0.5) is 10.8 Å². The molecular weight excluding hydrogens is 470 g/mol. The lowest BCUT2D eigenvalue weighted by molar-refractivity contribution is -0.120. The number of nitrogens with one attached hydrogen (secondary N) is 2. The Morgan fingerprint density at radius 1 is 1.28 bits per heavy atom. The molecule has 1 atom stereocenters. The Morgan fingerprint density at radius 3 is 2.93 bits per heavy atom. The first-order valence-electron chi connectivity index (χ1n) is 9.04. The fraction of sp³-hybridized carbons (Fsp3) is 0.190. The smallest absolute Gasteiger partial charge is 0.238 e. The fourth-order valence-electron chi connectivity index (χ4n) is 3.03. The summed E-state index contributed by atoms with van der Waals surface area (Å²) >= 11 is 6.39. The van der Waals surface area contributed by atoms with E-state index < -0.39 is 5.25 Å². The summed E-state index contributed by atoms with van der Waals surface area (Å²) < 4.78 is 1.09. The molecule has 1 aliphatic heterocycles. The molecule has 2 heterocycles. The van der Waals surface area contributed by atoms with Gasteiger partial charge in [0.1, 0.15) is 0 Å². The zero-order valence-electron chi connectivity index (χ0n) is 15.6. The number of anilines is 2. The van der Waals surface area contributed by atoms with E-state index >= 15 is 0 Å². The van der Waals surface area contributed by atoms with E-state index in [9.17, 15) is 9.59 Å². The number of aryl methyl sites for hydroxylation is 1. The maximum Gasteiger partial charge on any atom is 0.238 e. The zero-order chi connectivity index (χ0) is 20.4. The number of hydrogen-bond acceptors (Lipinski definition) is 5. The third-order valence-electron chi connectivity index (χ3n) is 4.48. The molecule has 5 nitrogen and oxygen atoms in total. The number of thioether (sulfide) groups is 1. The van der Waals surface area contributed by atoms with Crippen molar-refractivity contribution in [3.8, 4) is 0 Å². The average molecular weight is 488 g/mol. The Bertz CT molecular complexity index is 1080. The van der Waals surface area contributed by atoms with E-state index in [0.29, 0.717) is 5.13 Å². The SMILES string of the molecule is Cc1cc(Cc2cnc(NC(=O)CC3Sc4ccccc4NC3=O)s2)ccc1Br. The topological polar surface area (TPSA) is 71.1 Å². The Morgan fingerprint density at radius 2 is 2.10 bits per heavy atom. The molecule has 0 spiro atoms. The highest BCUT2D eigenvalue weighted by molar-refractivity contribution is 9.10. The highest BCUT2D eigenvalue weighted by atomic mass is 79.9. The van der Waals surface area contributed by atoms with Crippen molar-refractivity contribution in [2.75, 3.05) is 10.6 Å². The largest absolute Gasteiger partial charge is 0.324 e. The number of carbonyl (C=O) groups is 2. The van der Waals surface area contributed by atoms with E-state index in [1.807, 2.05) is 30.3 Å². The van der Waals surface area contributed by atoms with E-state index in [-0.39, 0.29) is 18.2 Å². The van der Waals surface area contributed by atoms with Gasteiger partial charge >= 0.3 is 0 Å². The van der Waals surface area contributed by atoms with Gasteiger partial charge in [-0.2, -0.15) is 0 Å². The first kappa shape index (κ1) is 20.1. The van der Waals surface area contributed by atoms with Crippen molar-refractivity contribution in [2.24, 2.45) is 0 Å². The standard InChI is InChI=1S/C21H18BrN3O2S2/c1-12-8-13(6-7-15(12)22)9-14-11-23-21(28-14)25-19(26)10-18-20(27)24-16-4-2-3-5-17(16)29-18/h2-8,11,18H,9-10H2,1H3,(H,24,27)(H,23,25,26). The summed E-state index contributed by atoms with van der Waals surface area (Å²) in [6.07, 6.45) is 2.65. The minimum Gasteiger partial charge on any atom is -0.324 e. The van der Waals surface area contributed by atoms with Crippen molar-refractivity contribution in [2.45, 2.75) is 29.9 Å². The molecule has 0 bridgehead atoms. The van der Waals surface area contributed by atoms with Crippen LogP contribution in [-0.4, -0.2) is 22.0 Å². The van der Waals surface area contributed by atoms with Crippen LogP contribution in [0.2, 0.25) is 0 Å². The molecule has 1 unspecified atom stereocenters. The maximum absolute atomic E-state index is 12.4. The van der Waals surface area contributed by atoms with Crippen LogP contribution >= 0.6 is 39.0 Å². The summed E-state index contributed by atoms with van der Waals surface area (Å²) in [4.78, 5) is 31.1. The highest BCUT2D eigenvalue weighted by Gasteiger charge is 2.29. The maximum atomic E-state index is 12.4. The first-order chi connectivity index (χ1) is 14.0. The molecule has 1 aromatic heterocycles. The third-order valence-corrected chi connectivity index (χ3v) is 7.56. The van der Waals surface area contributed by atoms with E-state index in [1.54, 1.807) is 6.20 Å².